The smallest absolute Gasteiger partial charge is 0.255 e. The van der Waals surface area contributed by atoms with Gasteiger partial charge in [-0.25, -0.2) is 0 Å². The van der Waals surface area contributed by atoms with Crippen LogP contribution < -0.4 is 5.32 Å². The molecule has 98 valence electrons. The highest BCUT2D eigenvalue weighted by Gasteiger charge is 2.30. The van der Waals surface area contributed by atoms with Crippen molar-refractivity contribution in [2.45, 2.75) is 18.9 Å². The second-order valence-corrected chi connectivity index (χ2v) is 5.24. The van der Waals surface area contributed by atoms with Gasteiger partial charge in [-0.2, -0.15) is 0 Å². The number of hydrogen-bond donors (Lipinski definition) is 1. The molecule has 3 nitrogen and oxygen atoms in total. The summed E-state index contributed by atoms with van der Waals surface area (Å²) in [5.74, 6) is -0.0275. The van der Waals surface area contributed by atoms with Gasteiger partial charge in [-0.3, -0.25) is 4.79 Å². The zero-order valence-corrected chi connectivity index (χ0v) is 11.8. The van der Waals surface area contributed by atoms with Crippen LogP contribution in [0.2, 0.25) is 10.0 Å². The molecule has 0 unspecified atom stereocenters. The van der Waals surface area contributed by atoms with E-state index in [2.05, 4.69) is 5.32 Å². The van der Waals surface area contributed by atoms with Gasteiger partial charge in [0.1, 0.15) is 0 Å². The van der Waals surface area contributed by atoms with Crippen molar-refractivity contribution in [2.75, 3.05) is 20.1 Å². The quantitative estimate of drug-likeness (QED) is 0.927. The first-order chi connectivity index (χ1) is 8.65. The molecule has 18 heavy (non-hydrogen) atoms. The predicted molar refractivity (Wildman–Crippen MR) is 74.4 cm³/mol. The molecule has 0 aromatic heterocycles. The molecule has 1 aromatic carbocycles. The van der Waals surface area contributed by atoms with Crippen LogP contribution in [0.4, 0.5) is 0 Å². The standard InChI is InChI=1S/C13H16Cl2N2O/c1-16-8-9-4-3-7-17(9)13(18)10-5-2-6-11(14)12(10)15/h2,5-6,9,16H,3-4,7-8H2,1H3/t9-/m0/s1. The van der Waals surface area contributed by atoms with Crippen LogP contribution in [0.5, 0.6) is 0 Å². The lowest BCUT2D eigenvalue weighted by atomic mass is 10.1. The number of nitrogens with one attached hydrogen (secondary N) is 1. The normalized spacial score (nSPS) is 19.3. The second-order valence-electron chi connectivity index (χ2n) is 4.45. The lowest BCUT2D eigenvalue weighted by Gasteiger charge is -2.25. The van der Waals surface area contributed by atoms with Crippen molar-refractivity contribution < 1.29 is 4.79 Å². The van der Waals surface area contributed by atoms with Crippen molar-refractivity contribution in [3.8, 4) is 0 Å². The third-order valence-electron chi connectivity index (χ3n) is 3.26. The molecule has 1 fully saturated rings. The Hall–Kier alpha value is -0.770. The van der Waals surface area contributed by atoms with Gasteiger partial charge in [0.25, 0.3) is 5.91 Å². The first-order valence-corrected chi connectivity index (χ1v) is 6.80. The Bertz CT molecular complexity index is 451. The molecule has 2 rings (SSSR count). The van der Waals surface area contributed by atoms with Crippen molar-refractivity contribution in [3.05, 3.63) is 33.8 Å². The number of amides is 1. The molecule has 1 aliphatic rings. The van der Waals surface area contributed by atoms with E-state index in [1.807, 2.05) is 11.9 Å². The zero-order valence-electron chi connectivity index (χ0n) is 10.2. The summed E-state index contributed by atoms with van der Waals surface area (Å²) in [6.45, 7) is 1.60. The lowest BCUT2D eigenvalue weighted by molar-refractivity contribution is 0.0737. The summed E-state index contributed by atoms with van der Waals surface area (Å²) in [6.07, 6.45) is 2.07. The van der Waals surface area contributed by atoms with Crippen LogP contribution in [0, 0.1) is 0 Å². The molecule has 1 aliphatic heterocycles. The van der Waals surface area contributed by atoms with Crippen molar-refractivity contribution in [1.82, 2.24) is 10.2 Å². The highest BCUT2D eigenvalue weighted by molar-refractivity contribution is 6.43. The first-order valence-electron chi connectivity index (χ1n) is 6.04. The highest BCUT2D eigenvalue weighted by Crippen LogP contribution is 2.28. The molecule has 0 saturated carbocycles. The lowest BCUT2D eigenvalue weighted by Crippen LogP contribution is -2.40. The van der Waals surface area contributed by atoms with Crippen molar-refractivity contribution in [3.63, 3.8) is 0 Å². The number of carbonyl (C=O) groups excluding carboxylic acids is 1. The van der Waals surface area contributed by atoms with Crippen molar-refractivity contribution in [1.29, 1.82) is 0 Å². The summed E-state index contributed by atoms with van der Waals surface area (Å²) in [5.41, 5.74) is 0.493. The van der Waals surface area contributed by atoms with Crippen LogP contribution >= 0.6 is 23.2 Å². The van der Waals surface area contributed by atoms with Crippen LogP contribution in [-0.4, -0.2) is 37.0 Å². The van der Waals surface area contributed by atoms with E-state index < -0.39 is 0 Å². The zero-order chi connectivity index (χ0) is 13.1. The van der Waals surface area contributed by atoms with Crippen LogP contribution in [0.1, 0.15) is 23.2 Å². The fourth-order valence-corrected chi connectivity index (χ4v) is 2.76. The number of halogens is 2. The maximum absolute atomic E-state index is 12.5. The SMILES string of the molecule is CNC[C@@H]1CCCN1C(=O)c1cccc(Cl)c1Cl. The molecule has 0 bridgehead atoms. The molecule has 1 saturated heterocycles. The number of rotatable bonds is 3. The van der Waals surface area contributed by atoms with Crippen molar-refractivity contribution >= 4 is 29.1 Å². The van der Waals surface area contributed by atoms with E-state index in [1.165, 1.54) is 0 Å². The summed E-state index contributed by atoms with van der Waals surface area (Å²) >= 11 is 12.0. The van der Waals surface area contributed by atoms with Gasteiger partial charge in [0.15, 0.2) is 0 Å². The molecule has 1 atom stereocenters. The Kier molecular flexibility index (Phi) is 4.49. The Morgan fingerprint density at radius 1 is 1.50 bits per heavy atom. The number of likely N-dealkylation sites (tertiary alicyclic amines) is 1. The average Bonchev–Trinajstić information content (AvgIpc) is 2.80. The molecule has 5 heteroatoms. The van der Waals surface area contributed by atoms with E-state index >= 15 is 0 Å². The van der Waals surface area contributed by atoms with E-state index in [4.69, 9.17) is 23.2 Å². The summed E-state index contributed by atoms with van der Waals surface area (Å²) in [4.78, 5) is 14.3. The van der Waals surface area contributed by atoms with Gasteiger partial charge in [-0.1, -0.05) is 29.3 Å². The minimum atomic E-state index is -0.0275. The predicted octanol–water partition coefficient (Wildman–Crippen LogP) is 2.82. The average molecular weight is 287 g/mol. The van der Waals surface area contributed by atoms with Gasteiger partial charge in [-0.05, 0) is 32.0 Å². The largest absolute Gasteiger partial charge is 0.334 e. The van der Waals surface area contributed by atoms with Gasteiger partial charge < -0.3 is 10.2 Å². The summed E-state index contributed by atoms with van der Waals surface area (Å²) < 4.78 is 0. The Labute approximate surface area is 117 Å². The second kappa shape index (κ2) is 5.91. The third kappa shape index (κ3) is 2.63. The fraction of sp³-hybridized carbons (Fsp3) is 0.462. The molecule has 1 N–H and O–H groups in total. The van der Waals surface area contributed by atoms with E-state index in [-0.39, 0.29) is 11.9 Å². The number of nitrogens with zero attached hydrogens (tertiary/aromatic N) is 1. The third-order valence-corrected chi connectivity index (χ3v) is 4.08. The Balaban J connectivity index is 2.23. The molecule has 0 radical (unpaired) electrons. The summed E-state index contributed by atoms with van der Waals surface area (Å²) in [5, 5.41) is 3.89. The maximum atomic E-state index is 12.5. The highest BCUT2D eigenvalue weighted by atomic mass is 35.5. The van der Waals surface area contributed by atoms with Crippen LogP contribution in [0.25, 0.3) is 0 Å². The summed E-state index contributed by atoms with van der Waals surface area (Å²) in [6, 6.07) is 5.42. The van der Waals surface area contributed by atoms with Crippen LogP contribution in [0.3, 0.4) is 0 Å². The number of benzene rings is 1. The van der Waals surface area contributed by atoms with Gasteiger partial charge in [0.2, 0.25) is 0 Å². The van der Waals surface area contributed by atoms with Crippen molar-refractivity contribution in [2.24, 2.45) is 0 Å². The van der Waals surface area contributed by atoms with Gasteiger partial charge in [0.05, 0.1) is 15.6 Å². The Morgan fingerprint density at radius 2 is 2.28 bits per heavy atom. The molecule has 0 aliphatic carbocycles. The Morgan fingerprint density at radius 3 is 3.00 bits per heavy atom. The summed E-state index contributed by atoms with van der Waals surface area (Å²) in [7, 11) is 1.90. The van der Waals surface area contributed by atoms with Crippen LogP contribution in [0.15, 0.2) is 18.2 Å². The minimum absolute atomic E-state index is 0.0275. The topological polar surface area (TPSA) is 32.3 Å². The first kappa shape index (κ1) is 13.7. The van der Waals surface area contributed by atoms with Gasteiger partial charge in [0, 0.05) is 19.1 Å². The maximum Gasteiger partial charge on any atom is 0.255 e. The minimum Gasteiger partial charge on any atom is -0.334 e. The monoisotopic (exact) mass is 286 g/mol. The van der Waals surface area contributed by atoms with E-state index in [1.54, 1.807) is 18.2 Å². The molecular formula is C13H16Cl2N2O. The molecule has 0 spiro atoms. The molecular weight excluding hydrogens is 271 g/mol. The number of likely N-dealkylation sites (N-methyl/N-ethyl adjacent to an activating group) is 1. The van der Waals surface area contributed by atoms with Crippen LogP contribution in [-0.2, 0) is 0 Å². The van der Waals surface area contributed by atoms with E-state index in [0.29, 0.717) is 15.6 Å². The number of carbonyl (C=O) groups is 1. The van der Waals surface area contributed by atoms with Gasteiger partial charge >= 0.3 is 0 Å². The van der Waals surface area contributed by atoms with E-state index in [0.717, 1.165) is 25.9 Å². The fourth-order valence-electron chi connectivity index (χ4n) is 2.37. The molecule has 1 amide bonds. The number of hydrogen-bond acceptors (Lipinski definition) is 2. The molecule has 1 aromatic rings. The molecule has 1 heterocycles. The van der Waals surface area contributed by atoms with E-state index in [9.17, 15) is 4.79 Å². The van der Waals surface area contributed by atoms with Gasteiger partial charge in [-0.15, -0.1) is 0 Å².